The topological polar surface area (TPSA) is 65.1 Å². The van der Waals surface area contributed by atoms with Crippen molar-refractivity contribution in [3.8, 4) is 0 Å². The van der Waals surface area contributed by atoms with Gasteiger partial charge in [-0.05, 0) is 52.4 Å². The zero-order valence-corrected chi connectivity index (χ0v) is 14.7. The van der Waals surface area contributed by atoms with Crippen LogP contribution < -0.4 is 5.32 Å². The zero-order chi connectivity index (χ0) is 16.4. The molecule has 0 radical (unpaired) electrons. The molecule has 3 N–H and O–H groups in total. The summed E-state index contributed by atoms with van der Waals surface area (Å²) in [6.45, 7) is 1.90. The Morgan fingerprint density at radius 3 is 2.78 bits per heavy atom. The highest BCUT2D eigenvalue weighted by molar-refractivity contribution is 14.1. The molecule has 4 nitrogen and oxygen atoms in total. The number of aliphatic hydroxyl groups is 1. The van der Waals surface area contributed by atoms with Gasteiger partial charge in [0.1, 0.15) is 6.23 Å². The van der Waals surface area contributed by atoms with E-state index >= 15 is 0 Å². The molecule has 0 saturated carbocycles. The summed E-state index contributed by atoms with van der Waals surface area (Å²) in [6.07, 6.45) is 0.926. The molecule has 3 aromatic rings. The number of benzene rings is 2. The van der Waals surface area contributed by atoms with Gasteiger partial charge in [-0.1, -0.05) is 31.2 Å². The molecular formula is C18H17IN2O2. The van der Waals surface area contributed by atoms with Crippen LogP contribution in [0.3, 0.4) is 0 Å². The Kier molecular flexibility index (Phi) is 4.68. The van der Waals surface area contributed by atoms with Gasteiger partial charge < -0.3 is 15.4 Å². The fourth-order valence-electron chi connectivity index (χ4n) is 2.61. The van der Waals surface area contributed by atoms with Gasteiger partial charge in [-0.3, -0.25) is 4.79 Å². The first-order chi connectivity index (χ1) is 11.1. The maximum atomic E-state index is 12.3. The van der Waals surface area contributed by atoms with Crippen LogP contribution in [0.15, 0.2) is 54.7 Å². The van der Waals surface area contributed by atoms with Gasteiger partial charge in [0.25, 0.3) is 5.91 Å². The van der Waals surface area contributed by atoms with Gasteiger partial charge in [0, 0.05) is 32.2 Å². The Bertz CT molecular complexity index is 844. The predicted octanol–water partition coefficient (Wildman–Crippen LogP) is 3.62. The van der Waals surface area contributed by atoms with Crippen molar-refractivity contribution < 1.29 is 9.90 Å². The van der Waals surface area contributed by atoms with E-state index in [-0.39, 0.29) is 11.8 Å². The monoisotopic (exact) mass is 420 g/mol. The summed E-state index contributed by atoms with van der Waals surface area (Å²) in [5.41, 5.74) is 2.55. The molecule has 0 fully saturated rings. The van der Waals surface area contributed by atoms with Crippen molar-refractivity contribution in [2.75, 3.05) is 0 Å². The number of halogens is 1. The lowest BCUT2D eigenvalue weighted by atomic mass is 9.98. The number of amides is 1. The normalized spacial score (nSPS) is 13.7. The highest BCUT2D eigenvalue weighted by Crippen LogP contribution is 2.27. The third-order valence-corrected chi connectivity index (χ3v) is 4.62. The van der Waals surface area contributed by atoms with Crippen molar-refractivity contribution >= 4 is 39.4 Å². The standard InChI is InChI=1S/C18H17IN2O2/c1-11(15-10-20-16-8-3-2-7-14(15)16)17(22)21-18(23)12-5-4-6-13(19)9-12/h2-11,17,20,22H,1H3,(H,21,23)/t11-,17?/m1/s1. The van der Waals surface area contributed by atoms with Crippen molar-refractivity contribution in [2.24, 2.45) is 0 Å². The number of para-hydroxylation sites is 1. The molecule has 1 heterocycles. The van der Waals surface area contributed by atoms with Gasteiger partial charge in [-0.15, -0.1) is 0 Å². The quantitative estimate of drug-likeness (QED) is 0.446. The Morgan fingerprint density at radius 1 is 1.22 bits per heavy atom. The maximum Gasteiger partial charge on any atom is 0.253 e. The van der Waals surface area contributed by atoms with Crippen molar-refractivity contribution in [3.05, 3.63) is 69.4 Å². The molecule has 0 aliphatic carbocycles. The number of hydrogen-bond acceptors (Lipinski definition) is 2. The number of aromatic amines is 1. The molecule has 0 saturated heterocycles. The smallest absolute Gasteiger partial charge is 0.253 e. The zero-order valence-electron chi connectivity index (χ0n) is 12.6. The molecule has 0 spiro atoms. The number of hydrogen-bond donors (Lipinski definition) is 3. The summed E-state index contributed by atoms with van der Waals surface area (Å²) in [6, 6.07) is 15.2. The fourth-order valence-corrected chi connectivity index (χ4v) is 3.16. The highest BCUT2D eigenvalue weighted by atomic mass is 127. The van der Waals surface area contributed by atoms with E-state index in [0.717, 1.165) is 20.0 Å². The molecule has 0 aliphatic heterocycles. The molecule has 23 heavy (non-hydrogen) atoms. The molecule has 5 heteroatoms. The molecular weight excluding hydrogens is 403 g/mol. The second-order valence-corrected chi connectivity index (χ2v) is 6.75. The number of aromatic nitrogens is 1. The van der Waals surface area contributed by atoms with Gasteiger partial charge in [0.2, 0.25) is 0 Å². The van der Waals surface area contributed by atoms with Crippen LogP contribution in [0, 0.1) is 3.57 Å². The lowest BCUT2D eigenvalue weighted by molar-refractivity contribution is 0.0728. The molecule has 0 bridgehead atoms. The SMILES string of the molecule is C[C@H](c1c[nH]c2ccccc12)C(O)NC(=O)c1cccc(I)c1. The van der Waals surface area contributed by atoms with Crippen LogP contribution in [-0.4, -0.2) is 22.2 Å². The van der Waals surface area contributed by atoms with E-state index in [0.29, 0.717) is 5.56 Å². The summed E-state index contributed by atoms with van der Waals surface area (Å²) in [4.78, 5) is 15.5. The minimum absolute atomic E-state index is 0.224. The number of rotatable bonds is 4. The largest absolute Gasteiger partial charge is 0.373 e. The Labute approximate surface area is 148 Å². The first kappa shape index (κ1) is 16.0. The number of fused-ring (bicyclic) bond motifs is 1. The van der Waals surface area contributed by atoms with Gasteiger partial charge in [0.05, 0.1) is 0 Å². The molecule has 1 aromatic heterocycles. The lowest BCUT2D eigenvalue weighted by Gasteiger charge is -2.20. The van der Waals surface area contributed by atoms with Crippen molar-refractivity contribution in [1.29, 1.82) is 0 Å². The molecule has 1 unspecified atom stereocenters. The summed E-state index contributed by atoms with van der Waals surface area (Å²) in [7, 11) is 0. The van der Waals surface area contributed by atoms with E-state index in [1.165, 1.54) is 0 Å². The Hall–Kier alpha value is -1.86. The van der Waals surface area contributed by atoms with E-state index in [4.69, 9.17) is 0 Å². The van der Waals surface area contributed by atoms with Gasteiger partial charge >= 0.3 is 0 Å². The van der Waals surface area contributed by atoms with Crippen LogP contribution in [0.5, 0.6) is 0 Å². The first-order valence-corrected chi connectivity index (χ1v) is 8.44. The van der Waals surface area contributed by atoms with Gasteiger partial charge in [-0.25, -0.2) is 0 Å². The lowest BCUT2D eigenvalue weighted by Crippen LogP contribution is -2.38. The van der Waals surface area contributed by atoms with Gasteiger partial charge in [-0.2, -0.15) is 0 Å². The maximum absolute atomic E-state index is 12.3. The second-order valence-electron chi connectivity index (χ2n) is 5.51. The van der Waals surface area contributed by atoms with E-state index in [2.05, 4.69) is 32.9 Å². The summed E-state index contributed by atoms with van der Waals surface area (Å²) < 4.78 is 0.981. The van der Waals surface area contributed by atoms with Gasteiger partial charge in [0.15, 0.2) is 0 Å². The predicted molar refractivity (Wildman–Crippen MR) is 99.3 cm³/mol. The minimum Gasteiger partial charge on any atom is -0.373 e. The summed E-state index contributed by atoms with van der Waals surface area (Å²) in [5.74, 6) is -0.499. The number of aliphatic hydroxyl groups excluding tert-OH is 1. The van der Waals surface area contributed by atoms with E-state index < -0.39 is 6.23 Å². The number of carbonyl (C=O) groups excluding carboxylic acids is 1. The summed E-state index contributed by atoms with van der Waals surface area (Å²) in [5, 5.41) is 14.1. The second kappa shape index (κ2) is 6.72. The van der Waals surface area contributed by atoms with Crippen LogP contribution in [0.25, 0.3) is 10.9 Å². The average molecular weight is 420 g/mol. The molecule has 0 aliphatic rings. The third kappa shape index (κ3) is 3.40. The molecule has 3 rings (SSSR count). The Morgan fingerprint density at radius 2 is 2.00 bits per heavy atom. The minimum atomic E-state index is -0.959. The van der Waals surface area contributed by atoms with Crippen LogP contribution in [0.4, 0.5) is 0 Å². The summed E-state index contributed by atoms with van der Waals surface area (Å²) >= 11 is 2.16. The molecule has 1 amide bonds. The fraction of sp³-hybridized carbons (Fsp3) is 0.167. The number of carbonyl (C=O) groups is 1. The average Bonchev–Trinajstić information content (AvgIpc) is 2.98. The van der Waals surface area contributed by atoms with E-state index in [1.54, 1.807) is 12.1 Å². The van der Waals surface area contributed by atoms with Crippen molar-refractivity contribution in [1.82, 2.24) is 10.3 Å². The van der Waals surface area contributed by atoms with Crippen LogP contribution >= 0.6 is 22.6 Å². The van der Waals surface area contributed by atoms with E-state index in [1.807, 2.05) is 49.5 Å². The van der Waals surface area contributed by atoms with E-state index in [9.17, 15) is 9.90 Å². The molecule has 2 atom stereocenters. The molecule has 2 aromatic carbocycles. The number of H-pyrrole nitrogens is 1. The van der Waals surface area contributed by atoms with Crippen molar-refractivity contribution in [2.45, 2.75) is 19.1 Å². The Balaban J connectivity index is 1.77. The van der Waals surface area contributed by atoms with Crippen molar-refractivity contribution in [3.63, 3.8) is 0 Å². The van der Waals surface area contributed by atoms with Crippen LogP contribution in [0.1, 0.15) is 28.8 Å². The molecule has 118 valence electrons. The van der Waals surface area contributed by atoms with Crippen LogP contribution in [0.2, 0.25) is 0 Å². The van der Waals surface area contributed by atoms with Crippen LogP contribution in [-0.2, 0) is 0 Å². The first-order valence-electron chi connectivity index (χ1n) is 7.37. The number of nitrogens with one attached hydrogen (secondary N) is 2. The third-order valence-electron chi connectivity index (χ3n) is 3.95. The highest BCUT2D eigenvalue weighted by Gasteiger charge is 2.21.